The molecule has 1 aromatic rings. The second-order valence-corrected chi connectivity index (χ2v) is 6.22. The van der Waals surface area contributed by atoms with Gasteiger partial charge in [0, 0.05) is 6.07 Å². The van der Waals surface area contributed by atoms with E-state index in [2.05, 4.69) is 6.07 Å². The summed E-state index contributed by atoms with van der Waals surface area (Å²) in [4.78, 5) is 0. The smallest absolute Gasteiger partial charge is 0.139 e. The molecular weight excluding hydrogens is 305 g/mol. The number of unbranched alkanes of at least 4 members (excludes halogenated alkanes) is 1. The maximum Gasteiger partial charge on any atom is 0.139 e. The molecule has 0 aromatic heterocycles. The number of nitrogens with zero attached hydrogens (tertiary/aromatic N) is 1. The van der Waals surface area contributed by atoms with Gasteiger partial charge in [-0.3, -0.25) is 0 Å². The van der Waals surface area contributed by atoms with Gasteiger partial charge in [0.25, 0.3) is 0 Å². The van der Waals surface area contributed by atoms with E-state index in [0.717, 1.165) is 19.3 Å². The van der Waals surface area contributed by atoms with Crippen LogP contribution in [0.2, 0.25) is 15.1 Å². The van der Waals surface area contributed by atoms with Crippen LogP contribution in [0.15, 0.2) is 12.1 Å². The Morgan fingerprint density at radius 1 is 1.11 bits per heavy atom. The van der Waals surface area contributed by atoms with Crippen LogP contribution in [-0.4, -0.2) is 6.61 Å². The van der Waals surface area contributed by atoms with E-state index in [1.807, 2.05) is 13.8 Å². The van der Waals surface area contributed by atoms with Gasteiger partial charge in [-0.25, -0.2) is 0 Å². The molecule has 0 amide bonds. The maximum atomic E-state index is 8.90. The third kappa shape index (κ3) is 5.48. The van der Waals surface area contributed by atoms with E-state index >= 15 is 0 Å². The lowest BCUT2D eigenvalue weighted by Gasteiger charge is -2.14. The highest BCUT2D eigenvalue weighted by molar-refractivity contribution is 6.43. The minimum absolute atomic E-state index is 0.277. The van der Waals surface area contributed by atoms with Gasteiger partial charge in [0.1, 0.15) is 5.75 Å². The molecular formula is C14H16Cl3NO. The summed E-state index contributed by atoms with van der Waals surface area (Å²) in [7, 11) is 0. The highest BCUT2D eigenvalue weighted by Gasteiger charge is 2.15. The fraction of sp³-hybridized carbons (Fsp3) is 0.500. The van der Waals surface area contributed by atoms with Gasteiger partial charge >= 0.3 is 0 Å². The Morgan fingerprint density at radius 2 is 1.74 bits per heavy atom. The molecule has 0 aliphatic carbocycles. The molecule has 1 aromatic carbocycles. The van der Waals surface area contributed by atoms with Crippen molar-refractivity contribution < 1.29 is 4.74 Å². The summed E-state index contributed by atoms with van der Waals surface area (Å²) in [6.45, 7) is 4.41. The van der Waals surface area contributed by atoms with Gasteiger partial charge in [0.05, 0.1) is 33.2 Å². The fourth-order valence-corrected chi connectivity index (χ4v) is 2.11. The number of benzene rings is 1. The summed E-state index contributed by atoms with van der Waals surface area (Å²) in [5.74, 6) is 0.538. The lowest BCUT2D eigenvalue weighted by Crippen LogP contribution is -2.08. The molecule has 0 saturated carbocycles. The summed E-state index contributed by atoms with van der Waals surface area (Å²) in [6.07, 6.45) is 2.64. The van der Waals surface area contributed by atoms with E-state index in [-0.39, 0.29) is 5.41 Å². The Hall–Kier alpha value is -0.620. The minimum Gasteiger partial charge on any atom is -0.492 e. The third-order valence-electron chi connectivity index (χ3n) is 2.73. The van der Waals surface area contributed by atoms with Gasteiger partial charge in [0.15, 0.2) is 0 Å². The summed E-state index contributed by atoms with van der Waals surface area (Å²) in [5.41, 5.74) is -0.277. The summed E-state index contributed by atoms with van der Waals surface area (Å²) < 4.78 is 5.56. The average molecular weight is 321 g/mol. The second-order valence-electron chi connectivity index (χ2n) is 5.00. The Labute approximate surface area is 129 Å². The van der Waals surface area contributed by atoms with Crippen molar-refractivity contribution in [3.8, 4) is 11.8 Å². The molecule has 19 heavy (non-hydrogen) atoms. The molecule has 0 aliphatic rings. The maximum absolute atomic E-state index is 8.90. The van der Waals surface area contributed by atoms with Gasteiger partial charge in [0.2, 0.25) is 0 Å². The first-order valence-corrected chi connectivity index (χ1v) is 7.18. The van der Waals surface area contributed by atoms with Crippen molar-refractivity contribution >= 4 is 34.8 Å². The number of hydrogen-bond acceptors (Lipinski definition) is 2. The largest absolute Gasteiger partial charge is 0.492 e. The van der Waals surface area contributed by atoms with Crippen LogP contribution in [0.4, 0.5) is 0 Å². The van der Waals surface area contributed by atoms with Gasteiger partial charge in [-0.05, 0) is 39.2 Å². The SMILES string of the molecule is CC(C)(C#N)CCCCOc1cc(Cl)c(Cl)cc1Cl. The zero-order chi connectivity index (χ0) is 14.5. The number of hydrogen-bond donors (Lipinski definition) is 0. The third-order valence-corrected chi connectivity index (χ3v) is 3.75. The van der Waals surface area contributed by atoms with Crippen molar-refractivity contribution in [3.63, 3.8) is 0 Å². The molecule has 104 valence electrons. The van der Waals surface area contributed by atoms with Crippen molar-refractivity contribution in [1.29, 1.82) is 5.26 Å². The van der Waals surface area contributed by atoms with Crippen molar-refractivity contribution in [3.05, 3.63) is 27.2 Å². The summed E-state index contributed by atoms with van der Waals surface area (Å²) in [6, 6.07) is 5.46. The molecule has 0 N–H and O–H groups in total. The molecule has 0 bridgehead atoms. The Bertz CT molecular complexity index is 480. The quantitative estimate of drug-likeness (QED) is 0.494. The van der Waals surface area contributed by atoms with Gasteiger partial charge < -0.3 is 4.74 Å². The minimum atomic E-state index is -0.277. The molecule has 2 nitrogen and oxygen atoms in total. The molecule has 1 rings (SSSR count). The molecule has 0 heterocycles. The van der Waals surface area contributed by atoms with E-state index in [0.29, 0.717) is 27.4 Å². The number of nitriles is 1. The van der Waals surface area contributed by atoms with E-state index in [9.17, 15) is 0 Å². The van der Waals surface area contributed by atoms with Gasteiger partial charge in [-0.15, -0.1) is 0 Å². The van der Waals surface area contributed by atoms with Crippen molar-refractivity contribution in [2.24, 2.45) is 5.41 Å². The zero-order valence-electron chi connectivity index (χ0n) is 11.0. The second kappa shape index (κ2) is 7.24. The summed E-state index contributed by atoms with van der Waals surface area (Å²) >= 11 is 17.7. The van der Waals surface area contributed by atoms with Crippen LogP contribution in [0.25, 0.3) is 0 Å². The standard InChI is InChI=1S/C14H16Cl3NO/c1-14(2,9-18)5-3-4-6-19-13-8-11(16)10(15)7-12(13)17/h7-8H,3-6H2,1-2H3. The van der Waals surface area contributed by atoms with Crippen molar-refractivity contribution in [2.45, 2.75) is 33.1 Å². The van der Waals surface area contributed by atoms with E-state index < -0.39 is 0 Å². The molecule has 0 spiro atoms. The van der Waals surface area contributed by atoms with Crippen LogP contribution < -0.4 is 4.74 Å². The van der Waals surface area contributed by atoms with Crippen LogP contribution in [0.5, 0.6) is 5.75 Å². The highest BCUT2D eigenvalue weighted by Crippen LogP contribution is 2.34. The van der Waals surface area contributed by atoms with E-state index in [1.165, 1.54) is 0 Å². The van der Waals surface area contributed by atoms with Crippen LogP contribution in [0.1, 0.15) is 33.1 Å². The zero-order valence-corrected chi connectivity index (χ0v) is 13.2. The van der Waals surface area contributed by atoms with Crippen LogP contribution in [0, 0.1) is 16.7 Å². The Morgan fingerprint density at radius 3 is 2.37 bits per heavy atom. The number of halogens is 3. The predicted molar refractivity (Wildman–Crippen MR) is 80.2 cm³/mol. The molecule has 0 radical (unpaired) electrons. The molecule has 5 heteroatoms. The number of rotatable bonds is 6. The molecule has 0 fully saturated rings. The Balaban J connectivity index is 2.39. The average Bonchev–Trinajstić information content (AvgIpc) is 2.35. The first-order chi connectivity index (χ1) is 8.85. The van der Waals surface area contributed by atoms with Gasteiger partial charge in [-0.2, -0.15) is 5.26 Å². The van der Waals surface area contributed by atoms with Crippen molar-refractivity contribution in [1.82, 2.24) is 0 Å². The van der Waals surface area contributed by atoms with Crippen LogP contribution in [0.3, 0.4) is 0 Å². The molecule has 0 aliphatic heterocycles. The lowest BCUT2D eigenvalue weighted by molar-refractivity contribution is 0.295. The normalized spacial score (nSPS) is 11.2. The van der Waals surface area contributed by atoms with Crippen LogP contribution in [-0.2, 0) is 0 Å². The first-order valence-electron chi connectivity index (χ1n) is 6.04. The monoisotopic (exact) mass is 319 g/mol. The molecule has 0 saturated heterocycles. The van der Waals surface area contributed by atoms with E-state index in [1.54, 1.807) is 12.1 Å². The highest BCUT2D eigenvalue weighted by atomic mass is 35.5. The molecule has 0 unspecified atom stereocenters. The van der Waals surface area contributed by atoms with Crippen molar-refractivity contribution in [2.75, 3.05) is 6.61 Å². The molecule has 0 atom stereocenters. The predicted octanol–water partition coefficient (Wildman–Crippen LogP) is 5.75. The lowest BCUT2D eigenvalue weighted by atomic mass is 9.89. The fourth-order valence-electron chi connectivity index (χ4n) is 1.52. The topological polar surface area (TPSA) is 33.0 Å². The van der Waals surface area contributed by atoms with Crippen LogP contribution >= 0.6 is 34.8 Å². The number of ether oxygens (including phenoxy) is 1. The summed E-state index contributed by atoms with van der Waals surface area (Å²) in [5, 5.41) is 10.2. The van der Waals surface area contributed by atoms with E-state index in [4.69, 9.17) is 44.8 Å². The van der Waals surface area contributed by atoms with Gasteiger partial charge in [-0.1, -0.05) is 34.8 Å². The first kappa shape index (κ1) is 16.4. The Kier molecular flexibility index (Phi) is 6.26.